The number of carbonyl (C=O) groups excluding carboxylic acids is 1. The van der Waals surface area contributed by atoms with E-state index in [0.29, 0.717) is 12.4 Å². The first-order valence-electron chi connectivity index (χ1n) is 8.79. The number of ether oxygens (including phenoxy) is 1. The van der Waals surface area contributed by atoms with Crippen molar-refractivity contribution in [2.75, 3.05) is 6.54 Å². The van der Waals surface area contributed by atoms with Gasteiger partial charge in [-0.3, -0.25) is 4.90 Å². The number of likely N-dealkylation sites (tertiary alicyclic amines) is 1. The zero-order valence-electron chi connectivity index (χ0n) is 14.4. The van der Waals surface area contributed by atoms with Crippen LogP contribution in [-0.2, 0) is 11.3 Å². The van der Waals surface area contributed by atoms with E-state index in [1.807, 2.05) is 60.7 Å². The summed E-state index contributed by atoms with van der Waals surface area (Å²) in [6.07, 6.45) is 3.07. The molecule has 0 bridgehead atoms. The van der Waals surface area contributed by atoms with Crippen LogP contribution in [0.1, 0.15) is 30.3 Å². The number of carbonyl (C=O) groups is 1. The maximum Gasteiger partial charge on any atom is 0.410 e. The quantitative estimate of drug-likeness (QED) is 0.678. The Labute approximate surface area is 152 Å². The highest BCUT2D eigenvalue weighted by Crippen LogP contribution is 2.33. The lowest BCUT2D eigenvalue weighted by Crippen LogP contribution is -2.31. The van der Waals surface area contributed by atoms with Crippen molar-refractivity contribution in [2.45, 2.75) is 25.5 Å². The standard InChI is InChI=1S/C21H20N2O3/c24-21(26-14-16-8-3-1-4-9-16)23-13-7-12-19(23)20-22-18(15-25-20)17-10-5-2-6-11-17/h1-6,8-11,15,19H,7,12-14H2/t19-/m0/s1. The first kappa shape index (κ1) is 16.4. The topological polar surface area (TPSA) is 55.6 Å². The van der Waals surface area contributed by atoms with Gasteiger partial charge in [0.2, 0.25) is 5.89 Å². The van der Waals surface area contributed by atoms with Gasteiger partial charge in [-0.1, -0.05) is 60.7 Å². The lowest BCUT2D eigenvalue weighted by Gasteiger charge is -2.21. The summed E-state index contributed by atoms with van der Waals surface area (Å²) in [5.41, 5.74) is 2.75. The molecule has 2 heterocycles. The van der Waals surface area contributed by atoms with Crippen molar-refractivity contribution >= 4 is 6.09 Å². The molecule has 1 fully saturated rings. The van der Waals surface area contributed by atoms with Gasteiger partial charge in [-0.25, -0.2) is 9.78 Å². The molecule has 1 amide bonds. The monoisotopic (exact) mass is 348 g/mol. The van der Waals surface area contributed by atoms with E-state index in [0.717, 1.165) is 29.7 Å². The molecule has 0 aliphatic carbocycles. The molecular formula is C21H20N2O3. The zero-order chi connectivity index (χ0) is 17.8. The Morgan fingerprint density at radius 3 is 2.62 bits per heavy atom. The molecule has 132 valence electrons. The second-order valence-corrected chi connectivity index (χ2v) is 6.33. The fourth-order valence-electron chi connectivity index (χ4n) is 3.23. The number of hydrogen-bond donors (Lipinski definition) is 0. The minimum atomic E-state index is -0.323. The lowest BCUT2D eigenvalue weighted by atomic mass is 10.2. The third-order valence-electron chi connectivity index (χ3n) is 4.57. The average molecular weight is 348 g/mol. The van der Waals surface area contributed by atoms with Crippen molar-refractivity contribution in [1.82, 2.24) is 9.88 Å². The molecule has 26 heavy (non-hydrogen) atoms. The van der Waals surface area contributed by atoms with Crippen LogP contribution in [0.4, 0.5) is 4.79 Å². The molecule has 0 unspecified atom stereocenters. The van der Waals surface area contributed by atoms with E-state index < -0.39 is 0 Å². The van der Waals surface area contributed by atoms with E-state index >= 15 is 0 Å². The first-order valence-corrected chi connectivity index (χ1v) is 8.79. The van der Waals surface area contributed by atoms with Crippen LogP contribution in [0.3, 0.4) is 0 Å². The van der Waals surface area contributed by atoms with Gasteiger partial charge in [0.05, 0.1) is 0 Å². The molecule has 4 rings (SSSR count). The van der Waals surface area contributed by atoms with Crippen LogP contribution in [0.5, 0.6) is 0 Å². The van der Waals surface area contributed by atoms with Gasteiger partial charge >= 0.3 is 6.09 Å². The van der Waals surface area contributed by atoms with Gasteiger partial charge < -0.3 is 9.15 Å². The van der Waals surface area contributed by atoms with Crippen molar-refractivity contribution in [2.24, 2.45) is 0 Å². The summed E-state index contributed by atoms with van der Waals surface area (Å²) in [6.45, 7) is 0.922. The smallest absolute Gasteiger partial charge is 0.410 e. The molecule has 0 N–H and O–H groups in total. The molecular weight excluding hydrogens is 328 g/mol. The molecule has 1 aromatic heterocycles. The number of benzene rings is 2. The van der Waals surface area contributed by atoms with Gasteiger partial charge in [-0.2, -0.15) is 0 Å². The number of oxazole rings is 1. The van der Waals surface area contributed by atoms with Crippen molar-refractivity contribution in [1.29, 1.82) is 0 Å². The Bertz CT molecular complexity index is 861. The van der Waals surface area contributed by atoms with Crippen LogP contribution < -0.4 is 0 Å². The van der Waals surface area contributed by atoms with Crippen molar-refractivity contribution < 1.29 is 13.9 Å². The van der Waals surface area contributed by atoms with Gasteiger partial charge in [0.1, 0.15) is 24.6 Å². The molecule has 1 aliphatic heterocycles. The van der Waals surface area contributed by atoms with E-state index in [1.165, 1.54) is 0 Å². The Kier molecular flexibility index (Phi) is 4.69. The molecule has 5 heteroatoms. The minimum absolute atomic E-state index is 0.171. The summed E-state index contributed by atoms with van der Waals surface area (Å²) in [6, 6.07) is 19.4. The summed E-state index contributed by atoms with van der Waals surface area (Å²) >= 11 is 0. The molecule has 0 spiro atoms. The average Bonchev–Trinajstić information content (AvgIpc) is 3.37. The third kappa shape index (κ3) is 3.47. The number of amides is 1. The van der Waals surface area contributed by atoms with Crippen LogP contribution in [0, 0.1) is 0 Å². The van der Waals surface area contributed by atoms with Crippen molar-refractivity contribution in [3.05, 3.63) is 78.4 Å². The van der Waals surface area contributed by atoms with Crippen LogP contribution in [0.25, 0.3) is 11.3 Å². The highest BCUT2D eigenvalue weighted by Gasteiger charge is 2.34. The highest BCUT2D eigenvalue weighted by atomic mass is 16.6. The van der Waals surface area contributed by atoms with Gasteiger partial charge in [0.15, 0.2) is 0 Å². The SMILES string of the molecule is O=C(OCc1ccccc1)N1CCC[C@H]1c1nc(-c2ccccc2)co1. The summed E-state index contributed by atoms with van der Waals surface area (Å²) < 4.78 is 11.2. The maximum atomic E-state index is 12.5. The van der Waals surface area contributed by atoms with E-state index in [9.17, 15) is 4.79 Å². The van der Waals surface area contributed by atoms with Crippen LogP contribution in [0.15, 0.2) is 71.3 Å². The van der Waals surface area contributed by atoms with Crippen LogP contribution >= 0.6 is 0 Å². The highest BCUT2D eigenvalue weighted by molar-refractivity contribution is 5.68. The number of hydrogen-bond acceptors (Lipinski definition) is 4. The van der Waals surface area contributed by atoms with E-state index in [-0.39, 0.29) is 18.7 Å². The minimum Gasteiger partial charge on any atom is -0.446 e. The van der Waals surface area contributed by atoms with Crippen LogP contribution in [0.2, 0.25) is 0 Å². The lowest BCUT2D eigenvalue weighted by molar-refractivity contribution is 0.0878. The summed E-state index contributed by atoms with van der Waals surface area (Å²) in [4.78, 5) is 18.8. The zero-order valence-corrected chi connectivity index (χ0v) is 14.4. The second kappa shape index (κ2) is 7.44. The van der Waals surface area contributed by atoms with Gasteiger partial charge in [0, 0.05) is 12.1 Å². The number of rotatable bonds is 4. The molecule has 5 nitrogen and oxygen atoms in total. The van der Waals surface area contributed by atoms with Crippen molar-refractivity contribution in [3.63, 3.8) is 0 Å². The number of nitrogens with zero attached hydrogens (tertiary/aromatic N) is 2. The van der Waals surface area contributed by atoms with Crippen LogP contribution in [-0.4, -0.2) is 22.5 Å². The Balaban J connectivity index is 1.45. The Hall–Kier alpha value is -3.08. The predicted octanol–water partition coefficient (Wildman–Crippen LogP) is 4.82. The normalized spacial score (nSPS) is 16.6. The largest absolute Gasteiger partial charge is 0.446 e. The van der Waals surface area contributed by atoms with Gasteiger partial charge in [0.25, 0.3) is 0 Å². The Morgan fingerprint density at radius 2 is 1.85 bits per heavy atom. The molecule has 1 atom stereocenters. The third-order valence-corrected chi connectivity index (χ3v) is 4.57. The predicted molar refractivity (Wildman–Crippen MR) is 97.2 cm³/mol. The van der Waals surface area contributed by atoms with E-state index in [4.69, 9.17) is 9.15 Å². The maximum absolute atomic E-state index is 12.5. The number of aromatic nitrogens is 1. The molecule has 1 aliphatic rings. The van der Waals surface area contributed by atoms with E-state index in [1.54, 1.807) is 11.2 Å². The first-order chi connectivity index (χ1) is 12.8. The van der Waals surface area contributed by atoms with Gasteiger partial charge in [-0.05, 0) is 18.4 Å². The molecule has 2 aromatic carbocycles. The fraction of sp³-hybridized carbons (Fsp3) is 0.238. The van der Waals surface area contributed by atoms with Crippen molar-refractivity contribution in [3.8, 4) is 11.3 Å². The summed E-state index contributed by atoms with van der Waals surface area (Å²) in [5.74, 6) is 0.568. The van der Waals surface area contributed by atoms with E-state index in [2.05, 4.69) is 4.98 Å². The fourth-order valence-corrected chi connectivity index (χ4v) is 3.23. The Morgan fingerprint density at radius 1 is 1.12 bits per heavy atom. The molecule has 0 saturated carbocycles. The molecule has 0 radical (unpaired) electrons. The summed E-state index contributed by atoms with van der Waals surface area (Å²) in [5, 5.41) is 0. The molecule has 1 saturated heterocycles. The second-order valence-electron chi connectivity index (χ2n) is 6.33. The molecule has 3 aromatic rings. The summed E-state index contributed by atoms with van der Waals surface area (Å²) in [7, 11) is 0. The van der Waals surface area contributed by atoms with Gasteiger partial charge in [-0.15, -0.1) is 0 Å².